The Balaban J connectivity index is 2.21. The first-order valence-corrected chi connectivity index (χ1v) is 5.10. The second-order valence-electron chi connectivity index (χ2n) is 3.35. The minimum atomic E-state index is -0.130. The topological polar surface area (TPSA) is 35.5 Å². The fraction of sp³-hybridized carbons (Fsp3) is 0.900. The lowest BCUT2D eigenvalue weighted by atomic mass is 10.1. The lowest BCUT2D eigenvalue weighted by Gasteiger charge is -2.13. The maximum absolute atomic E-state index is 11.1. The number of hydrogen-bond donors (Lipinski definition) is 0. The van der Waals surface area contributed by atoms with Gasteiger partial charge in [-0.25, -0.2) is 0 Å². The van der Waals surface area contributed by atoms with E-state index in [0.29, 0.717) is 13.0 Å². The Bertz CT molecular complexity index is 148. The van der Waals surface area contributed by atoms with Crippen molar-refractivity contribution in [3.05, 3.63) is 0 Å². The summed E-state index contributed by atoms with van der Waals surface area (Å²) in [6.45, 7) is 3.08. The fourth-order valence-electron chi connectivity index (χ4n) is 1.55. The van der Waals surface area contributed by atoms with Crippen LogP contribution in [0.25, 0.3) is 0 Å². The van der Waals surface area contributed by atoms with Gasteiger partial charge in [-0.3, -0.25) is 4.79 Å². The molecule has 1 atom stereocenters. The predicted molar refractivity (Wildman–Crippen MR) is 49.5 cm³/mol. The lowest BCUT2D eigenvalue weighted by molar-refractivity contribution is -0.146. The molecule has 0 bridgehead atoms. The first-order valence-electron chi connectivity index (χ1n) is 5.10. The summed E-state index contributed by atoms with van der Waals surface area (Å²) in [5, 5.41) is 0. The number of ether oxygens (including phenoxy) is 2. The van der Waals surface area contributed by atoms with Gasteiger partial charge in [-0.15, -0.1) is 0 Å². The highest BCUT2D eigenvalue weighted by atomic mass is 16.5. The predicted octanol–water partition coefficient (Wildman–Crippen LogP) is 1.90. The van der Waals surface area contributed by atoms with Gasteiger partial charge in [-0.1, -0.05) is 12.8 Å². The van der Waals surface area contributed by atoms with E-state index in [9.17, 15) is 4.79 Å². The molecule has 0 aromatic heterocycles. The number of rotatable bonds is 3. The van der Waals surface area contributed by atoms with Gasteiger partial charge < -0.3 is 9.47 Å². The second-order valence-corrected chi connectivity index (χ2v) is 3.35. The standard InChI is InChI=1S/C10H18O3/c1-2-12-10(11)8-9-6-4-3-5-7-13-9/h9H,2-8H2,1H3. The van der Waals surface area contributed by atoms with Crippen LogP contribution < -0.4 is 0 Å². The minimum Gasteiger partial charge on any atom is -0.466 e. The summed E-state index contributed by atoms with van der Waals surface area (Å²) >= 11 is 0. The highest BCUT2D eigenvalue weighted by Crippen LogP contribution is 2.15. The van der Waals surface area contributed by atoms with Gasteiger partial charge in [-0.2, -0.15) is 0 Å². The van der Waals surface area contributed by atoms with Crippen molar-refractivity contribution in [1.82, 2.24) is 0 Å². The number of carbonyl (C=O) groups excluding carboxylic acids is 1. The molecule has 1 rings (SSSR count). The maximum atomic E-state index is 11.1. The number of carbonyl (C=O) groups is 1. The van der Waals surface area contributed by atoms with Crippen molar-refractivity contribution in [3.8, 4) is 0 Å². The van der Waals surface area contributed by atoms with Gasteiger partial charge in [0.1, 0.15) is 0 Å². The van der Waals surface area contributed by atoms with Gasteiger partial charge in [0.25, 0.3) is 0 Å². The third-order valence-electron chi connectivity index (χ3n) is 2.22. The molecule has 13 heavy (non-hydrogen) atoms. The summed E-state index contributed by atoms with van der Waals surface area (Å²) in [5.41, 5.74) is 0. The molecule has 1 unspecified atom stereocenters. The SMILES string of the molecule is CCOC(=O)CC1CCCCCO1. The molecular weight excluding hydrogens is 168 g/mol. The fourth-order valence-corrected chi connectivity index (χ4v) is 1.55. The average Bonchev–Trinajstić information content (AvgIpc) is 2.33. The Kier molecular flexibility index (Phi) is 4.83. The van der Waals surface area contributed by atoms with Gasteiger partial charge in [0, 0.05) is 6.61 Å². The Hall–Kier alpha value is -0.570. The van der Waals surface area contributed by atoms with E-state index >= 15 is 0 Å². The second kappa shape index (κ2) is 5.97. The Morgan fingerprint density at radius 1 is 1.46 bits per heavy atom. The molecule has 0 aliphatic carbocycles. The van der Waals surface area contributed by atoms with Gasteiger partial charge in [0.2, 0.25) is 0 Å². The van der Waals surface area contributed by atoms with Crippen molar-refractivity contribution in [3.63, 3.8) is 0 Å². The van der Waals surface area contributed by atoms with Gasteiger partial charge in [0.05, 0.1) is 19.1 Å². The summed E-state index contributed by atoms with van der Waals surface area (Å²) < 4.78 is 10.4. The molecule has 1 saturated heterocycles. The lowest BCUT2D eigenvalue weighted by Crippen LogP contribution is -2.18. The van der Waals surface area contributed by atoms with Crippen LogP contribution in [0.15, 0.2) is 0 Å². The normalized spacial score (nSPS) is 23.6. The van der Waals surface area contributed by atoms with Crippen LogP contribution in [0, 0.1) is 0 Å². The molecule has 0 aromatic carbocycles. The van der Waals surface area contributed by atoms with Crippen molar-refractivity contribution in [2.24, 2.45) is 0 Å². The van der Waals surface area contributed by atoms with Crippen LogP contribution in [0.4, 0.5) is 0 Å². The monoisotopic (exact) mass is 186 g/mol. The smallest absolute Gasteiger partial charge is 0.308 e. The summed E-state index contributed by atoms with van der Waals surface area (Å²) in [7, 11) is 0. The summed E-state index contributed by atoms with van der Waals surface area (Å²) in [4.78, 5) is 11.1. The molecule has 0 radical (unpaired) electrons. The van der Waals surface area contributed by atoms with E-state index in [2.05, 4.69) is 0 Å². The quantitative estimate of drug-likeness (QED) is 0.631. The molecule has 1 fully saturated rings. The van der Waals surface area contributed by atoms with Crippen LogP contribution in [0.2, 0.25) is 0 Å². The highest BCUT2D eigenvalue weighted by molar-refractivity contribution is 5.69. The van der Waals surface area contributed by atoms with E-state index in [4.69, 9.17) is 9.47 Å². The van der Waals surface area contributed by atoms with Crippen molar-refractivity contribution < 1.29 is 14.3 Å². The van der Waals surface area contributed by atoms with Gasteiger partial charge >= 0.3 is 5.97 Å². The average molecular weight is 186 g/mol. The van der Waals surface area contributed by atoms with E-state index in [0.717, 1.165) is 19.4 Å². The van der Waals surface area contributed by atoms with Crippen molar-refractivity contribution in [1.29, 1.82) is 0 Å². The first kappa shape index (κ1) is 10.5. The van der Waals surface area contributed by atoms with Crippen LogP contribution in [0.3, 0.4) is 0 Å². The largest absolute Gasteiger partial charge is 0.466 e. The van der Waals surface area contributed by atoms with Crippen molar-refractivity contribution in [2.75, 3.05) is 13.2 Å². The first-order chi connectivity index (χ1) is 6.33. The Morgan fingerprint density at radius 3 is 3.08 bits per heavy atom. The zero-order valence-electron chi connectivity index (χ0n) is 8.25. The van der Waals surface area contributed by atoms with E-state index < -0.39 is 0 Å². The van der Waals surface area contributed by atoms with E-state index in [-0.39, 0.29) is 12.1 Å². The zero-order valence-corrected chi connectivity index (χ0v) is 8.25. The molecule has 76 valence electrons. The molecule has 0 N–H and O–H groups in total. The molecule has 3 heteroatoms. The zero-order chi connectivity index (χ0) is 9.52. The number of esters is 1. The highest BCUT2D eigenvalue weighted by Gasteiger charge is 2.16. The molecular formula is C10H18O3. The van der Waals surface area contributed by atoms with E-state index in [1.165, 1.54) is 12.8 Å². The Labute approximate surface area is 79.4 Å². The summed E-state index contributed by atoms with van der Waals surface area (Å²) in [6.07, 6.45) is 5.04. The number of hydrogen-bond acceptors (Lipinski definition) is 3. The van der Waals surface area contributed by atoms with Crippen LogP contribution in [-0.2, 0) is 14.3 Å². The van der Waals surface area contributed by atoms with Crippen molar-refractivity contribution >= 4 is 5.97 Å². The van der Waals surface area contributed by atoms with Gasteiger partial charge in [-0.05, 0) is 19.8 Å². The third-order valence-corrected chi connectivity index (χ3v) is 2.22. The molecule has 0 spiro atoms. The molecule has 1 aliphatic rings. The van der Waals surface area contributed by atoms with Crippen LogP contribution in [-0.4, -0.2) is 25.3 Å². The molecule has 1 heterocycles. The van der Waals surface area contributed by atoms with Gasteiger partial charge in [0.15, 0.2) is 0 Å². The molecule has 0 saturated carbocycles. The molecule has 3 nitrogen and oxygen atoms in total. The summed E-state index contributed by atoms with van der Waals surface area (Å²) in [5.74, 6) is -0.130. The van der Waals surface area contributed by atoms with E-state index in [1.807, 2.05) is 6.92 Å². The molecule has 1 aliphatic heterocycles. The third kappa shape index (κ3) is 4.27. The molecule has 0 aromatic rings. The van der Waals surface area contributed by atoms with Crippen LogP contribution in [0.5, 0.6) is 0 Å². The summed E-state index contributed by atoms with van der Waals surface area (Å²) in [6, 6.07) is 0. The maximum Gasteiger partial charge on any atom is 0.308 e. The van der Waals surface area contributed by atoms with E-state index in [1.54, 1.807) is 0 Å². The Morgan fingerprint density at radius 2 is 2.31 bits per heavy atom. The van der Waals surface area contributed by atoms with Crippen molar-refractivity contribution in [2.45, 2.75) is 45.1 Å². The molecule has 0 amide bonds. The minimum absolute atomic E-state index is 0.0987. The van der Waals surface area contributed by atoms with Crippen LogP contribution >= 0.6 is 0 Å². The van der Waals surface area contributed by atoms with Crippen LogP contribution in [0.1, 0.15) is 39.0 Å².